The molecule has 2 amide bonds. The molecular formula is C41H50N4O4. The molecule has 0 atom stereocenters. The number of unbranched alkanes of at least 4 members (excludes halogenated alkanes) is 1. The highest BCUT2D eigenvalue weighted by Gasteiger charge is 2.28. The van der Waals surface area contributed by atoms with E-state index in [1.54, 1.807) is 53.4 Å². The van der Waals surface area contributed by atoms with Crippen LogP contribution in [0.5, 0.6) is 11.5 Å². The minimum atomic E-state index is -0.0984. The van der Waals surface area contributed by atoms with Crippen LogP contribution in [0.25, 0.3) is 0 Å². The first-order valence-electron chi connectivity index (χ1n) is 17.1. The Balaban J connectivity index is 0.00000128. The molecule has 8 nitrogen and oxygen atoms in total. The Labute approximate surface area is 291 Å². The number of rotatable bonds is 14. The molecule has 0 bridgehead atoms. The van der Waals surface area contributed by atoms with Gasteiger partial charge in [0, 0.05) is 45.0 Å². The van der Waals surface area contributed by atoms with E-state index in [0.29, 0.717) is 45.8 Å². The fraction of sp³-hybridized carbons (Fsp3) is 0.317. The number of hydrogen-bond donors (Lipinski definition) is 2. The van der Waals surface area contributed by atoms with Gasteiger partial charge in [-0.1, -0.05) is 118 Å². The molecule has 4 aromatic carbocycles. The summed E-state index contributed by atoms with van der Waals surface area (Å²) in [5.74, 6) is 0.201. The molecule has 258 valence electrons. The van der Waals surface area contributed by atoms with Gasteiger partial charge in [0.2, 0.25) is 11.8 Å². The summed E-state index contributed by atoms with van der Waals surface area (Å²) in [4.78, 5) is 34.6. The van der Waals surface area contributed by atoms with Crippen molar-refractivity contribution >= 4 is 11.8 Å². The van der Waals surface area contributed by atoms with Crippen molar-refractivity contribution in [2.24, 2.45) is 0 Å². The van der Waals surface area contributed by atoms with E-state index in [0.717, 1.165) is 16.8 Å². The minimum Gasteiger partial charge on any atom is -0.508 e. The number of carbonyl (C=O) groups excluding carboxylic acids is 2. The van der Waals surface area contributed by atoms with Crippen LogP contribution in [0.15, 0.2) is 121 Å². The summed E-state index contributed by atoms with van der Waals surface area (Å²) in [7, 11) is 0. The molecule has 0 saturated carbocycles. The van der Waals surface area contributed by atoms with Gasteiger partial charge in [-0.3, -0.25) is 14.5 Å². The molecule has 0 unspecified atom stereocenters. The number of phenolic OH excluding ortho intramolecular Hbond substituents is 2. The summed E-state index contributed by atoms with van der Waals surface area (Å²) >= 11 is 0. The molecule has 1 saturated heterocycles. The van der Waals surface area contributed by atoms with Gasteiger partial charge in [-0.05, 0) is 46.5 Å². The molecular weight excluding hydrogens is 612 g/mol. The monoisotopic (exact) mass is 662 g/mol. The van der Waals surface area contributed by atoms with Crippen LogP contribution < -0.4 is 0 Å². The molecule has 49 heavy (non-hydrogen) atoms. The maximum atomic E-state index is 13.6. The van der Waals surface area contributed by atoms with E-state index in [-0.39, 0.29) is 36.4 Å². The Morgan fingerprint density at radius 1 is 0.633 bits per heavy atom. The fourth-order valence-corrected chi connectivity index (χ4v) is 5.43. The summed E-state index contributed by atoms with van der Waals surface area (Å²) in [6.45, 7) is 12.6. The van der Waals surface area contributed by atoms with E-state index in [1.807, 2.05) is 46.2 Å². The molecule has 8 heteroatoms. The molecule has 1 heterocycles. The third-order valence-electron chi connectivity index (χ3n) is 8.48. The van der Waals surface area contributed by atoms with E-state index in [9.17, 15) is 19.8 Å². The summed E-state index contributed by atoms with van der Waals surface area (Å²) in [5, 5.41) is 19.4. The van der Waals surface area contributed by atoms with E-state index in [2.05, 4.69) is 49.6 Å². The van der Waals surface area contributed by atoms with Crippen LogP contribution in [0.1, 0.15) is 48.9 Å². The third kappa shape index (κ3) is 12.1. The third-order valence-corrected chi connectivity index (χ3v) is 8.48. The van der Waals surface area contributed by atoms with Crippen LogP contribution >= 0.6 is 0 Å². The van der Waals surface area contributed by atoms with Crippen molar-refractivity contribution in [3.63, 3.8) is 0 Å². The van der Waals surface area contributed by atoms with Crippen LogP contribution in [0, 0.1) is 0 Å². The first-order chi connectivity index (χ1) is 23.7. The molecule has 0 radical (unpaired) electrons. The van der Waals surface area contributed by atoms with Gasteiger partial charge in [-0.25, -0.2) is 0 Å². The van der Waals surface area contributed by atoms with Crippen LogP contribution in [0.4, 0.5) is 0 Å². The van der Waals surface area contributed by atoms with E-state index in [1.165, 1.54) is 24.0 Å². The maximum absolute atomic E-state index is 13.6. The van der Waals surface area contributed by atoms with Crippen molar-refractivity contribution in [1.82, 2.24) is 19.6 Å². The molecule has 0 aromatic heterocycles. The molecule has 0 spiro atoms. The molecule has 1 aliphatic rings. The Morgan fingerprint density at radius 2 is 1.06 bits per heavy atom. The lowest BCUT2D eigenvalue weighted by Crippen LogP contribution is -2.53. The number of piperazine rings is 1. The lowest BCUT2D eigenvalue weighted by molar-refractivity contribution is -0.139. The van der Waals surface area contributed by atoms with Crippen LogP contribution in [0.2, 0.25) is 0 Å². The van der Waals surface area contributed by atoms with Gasteiger partial charge in [-0.2, -0.15) is 0 Å². The van der Waals surface area contributed by atoms with Crippen molar-refractivity contribution in [2.45, 2.75) is 52.9 Å². The Kier molecular flexibility index (Phi) is 14.3. The van der Waals surface area contributed by atoms with Gasteiger partial charge in [0.1, 0.15) is 11.5 Å². The number of hydrogen-bond acceptors (Lipinski definition) is 6. The van der Waals surface area contributed by atoms with Crippen LogP contribution in [-0.4, -0.2) is 74.4 Å². The van der Waals surface area contributed by atoms with E-state index in [4.69, 9.17) is 0 Å². The normalized spacial score (nSPS) is 12.9. The summed E-state index contributed by atoms with van der Waals surface area (Å²) in [5.41, 5.74) is 4.99. The fourth-order valence-electron chi connectivity index (χ4n) is 5.43. The second-order valence-corrected chi connectivity index (χ2v) is 12.5. The average molecular weight is 663 g/mol. The van der Waals surface area contributed by atoms with Gasteiger partial charge >= 0.3 is 0 Å². The zero-order valence-electron chi connectivity index (χ0n) is 28.9. The minimum absolute atomic E-state index is 0.0295. The number of phenols is 2. The maximum Gasteiger partial charge on any atom is 0.237 e. The smallest absolute Gasteiger partial charge is 0.237 e. The van der Waals surface area contributed by atoms with Gasteiger partial charge < -0.3 is 24.9 Å². The largest absolute Gasteiger partial charge is 0.508 e. The van der Waals surface area contributed by atoms with Crippen molar-refractivity contribution in [3.05, 3.63) is 144 Å². The number of nitrogens with zero attached hydrogens (tertiary/aromatic N) is 4. The van der Waals surface area contributed by atoms with Crippen molar-refractivity contribution in [1.29, 1.82) is 0 Å². The molecule has 5 rings (SSSR count). The van der Waals surface area contributed by atoms with Gasteiger partial charge in [0.25, 0.3) is 0 Å². The molecule has 2 N–H and O–H groups in total. The predicted molar refractivity (Wildman–Crippen MR) is 195 cm³/mol. The second-order valence-electron chi connectivity index (χ2n) is 12.5. The van der Waals surface area contributed by atoms with Gasteiger partial charge in [0.05, 0.1) is 19.6 Å². The summed E-state index contributed by atoms with van der Waals surface area (Å²) in [6, 6.07) is 34.1. The van der Waals surface area contributed by atoms with Crippen molar-refractivity contribution < 1.29 is 19.8 Å². The first-order valence-corrected chi connectivity index (χ1v) is 17.1. The van der Waals surface area contributed by atoms with Crippen LogP contribution in [-0.2, 0) is 35.8 Å². The first kappa shape index (κ1) is 36.8. The highest BCUT2D eigenvalue weighted by molar-refractivity contribution is 5.82. The summed E-state index contributed by atoms with van der Waals surface area (Å²) < 4.78 is 0. The zero-order valence-corrected chi connectivity index (χ0v) is 28.9. The van der Waals surface area contributed by atoms with Crippen molar-refractivity contribution in [2.75, 3.05) is 32.7 Å². The average Bonchev–Trinajstić information content (AvgIpc) is 3.11. The Bertz CT molecular complexity index is 1500. The van der Waals surface area contributed by atoms with E-state index >= 15 is 0 Å². The highest BCUT2D eigenvalue weighted by Crippen LogP contribution is 2.19. The molecule has 1 aliphatic heterocycles. The highest BCUT2D eigenvalue weighted by atomic mass is 16.3. The van der Waals surface area contributed by atoms with Crippen LogP contribution in [0.3, 0.4) is 0 Å². The topological polar surface area (TPSA) is 87.6 Å². The lowest BCUT2D eigenvalue weighted by Gasteiger charge is -2.37. The standard InChI is InChI=1S/C37H40N4O4.C4H10/c1-29(40(23-30-8-4-2-5-9-30)24-31-10-6-3-7-11-31)22-39-21-20-38(27-36(39)44)28-37(45)41(25-32-12-16-34(42)17-13-32)26-33-14-18-35(43)19-15-33;1-3-4-2/h2-19,42-43H,1,20-28H2;3-4H2,1-2H3. The summed E-state index contributed by atoms with van der Waals surface area (Å²) in [6.07, 6.45) is 2.64. The number of benzene rings is 4. The Hall–Kier alpha value is -5.08. The Morgan fingerprint density at radius 3 is 1.49 bits per heavy atom. The zero-order chi connectivity index (χ0) is 35.0. The molecule has 0 aliphatic carbocycles. The predicted octanol–water partition coefficient (Wildman–Crippen LogP) is 6.79. The quantitative estimate of drug-likeness (QED) is 0.155. The molecule has 4 aromatic rings. The second kappa shape index (κ2) is 19.1. The van der Waals surface area contributed by atoms with Crippen molar-refractivity contribution in [3.8, 4) is 11.5 Å². The number of amides is 2. The lowest BCUT2D eigenvalue weighted by atomic mass is 10.1. The number of aromatic hydroxyl groups is 2. The molecule has 1 fully saturated rings. The number of carbonyl (C=O) groups is 2. The van der Waals surface area contributed by atoms with Gasteiger partial charge in [0.15, 0.2) is 0 Å². The van der Waals surface area contributed by atoms with Gasteiger partial charge in [-0.15, -0.1) is 0 Å². The SMILES string of the molecule is C=C(CN1CCN(CC(=O)N(Cc2ccc(O)cc2)Cc2ccc(O)cc2)CC1=O)N(Cc1ccccc1)Cc1ccccc1.CCCC. The van der Waals surface area contributed by atoms with E-state index < -0.39 is 0 Å².